The van der Waals surface area contributed by atoms with Gasteiger partial charge in [-0.1, -0.05) is 6.42 Å². The Morgan fingerprint density at radius 2 is 2.36 bits per heavy atom. The average Bonchev–Trinajstić information content (AvgIpc) is 2.34. The first-order valence-corrected chi connectivity index (χ1v) is 5.29. The molecule has 1 saturated carbocycles. The minimum absolute atomic E-state index is 0.0684. The third-order valence-corrected chi connectivity index (χ3v) is 2.63. The highest BCUT2D eigenvalue weighted by Gasteiger charge is 2.27. The van der Waals surface area contributed by atoms with E-state index in [4.69, 9.17) is 5.26 Å². The molecule has 0 spiro atoms. The van der Waals surface area contributed by atoms with Crippen LogP contribution in [0.3, 0.4) is 0 Å². The molecule has 0 aromatic carbocycles. The summed E-state index contributed by atoms with van der Waals surface area (Å²) in [5.41, 5.74) is 0. The Hall–Kier alpha value is -0.400. The van der Waals surface area contributed by atoms with E-state index in [9.17, 15) is 4.21 Å². The Morgan fingerprint density at radius 3 is 2.91 bits per heavy atom. The minimum atomic E-state index is -0.979. The molecule has 0 aromatic heterocycles. The van der Waals surface area contributed by atoms with Gasteiger partial charge in [0.2, 0.25) is 0 Å². The number of nitriles is 1. The first kappa shape index (κ1) is 8.69. The highest BCUT2D eigenvalue weighted by molar-refractivity contribution is 7.82. The smallest absolute Gasteiger partial charge is 0.0886 e. The second-order valence-corrected chi connectivity index (χ2v) is 3.99. The molecular formula is C7H12N2OS. The third-order valence-electron chi connectivity index (χ3n) is 2.00. The Bertz CT molecular complexity index is 199. The average molecular weight is 172 g/mol. The SMILES string of the molecule is CS(=O)NC1CCCC1C#N. The van der Waals surface area contributed by atoms with Gasteiger partial charge in [0.1, 0.15) is 0 Å². The van der Waals surface area contributed by atoms with Crippen LogP contribution in [0.25, 0.3) is 0 Å². The van der Waals surface area contributed by atoms with Crippen molar-refractivity contribution in [2.75, 3.05) is 6.26 Å². The first-order valence-electron chi connectivity index (χ1n) is 3.73. The van der Waals surface area contributed by atoms with Gasteiger partial charge in [-0.25, -0.2) is 8.93 Å². The number of rotatable bonds is 2. The van der Waals surface area contributed by atoms with Gasteiger partial charge in [-0.15, -0.1) is 0 Å². The van der Waals surface area contributed by atoms with Gasteiger partial charge in [0, 0.05) is 12.3 Å². The monoisotopic (exact) mass is 172 g/mol. The fourth-order valence-electron chi connectivity index (χ4n) is 1.47. The van der Waals surface area contributed by atoms with Crippen molar-refractivity contribution in [2.45, 2.75) is 25.3 Å². The number of hydrogen-bond acceptors (Lipinski definition) is 2. The summed E-state index contributed by atoms with van der Waals surface area (Å²) in [5.74, 6) is 0.0684. The largest absolute Gasteiger partial charge is 0.243 e. The third kappa shape index (κ3) is 2.28. The summed E-state index contributed by atoms with van der Waals surface area (Å²) < 4.78 is 13.6. The topological polar surface area (TPSA) is 52.9 Å². The zero-order chi connectivity index (χ0) is 8.27. The summed E-state index contributed by atoms with van der Waals surface area (Å²) >= 11 is 0. The van der Waals surface area contributed by atoms with E-state index in [1.807, 2.05) is 0 Å². The van der Waals surface area contributed by atoms with Gasteiger partial charge in [0.05, 0.1) is 23.0 Å². The molecule has 0 aromatic rings. The molecule has 3 atom stereocenters. The van der Waals surface area contributed by atoms with Gasteiger partial charge in [0.25, 0.3) is 0 Å². The van der Waals surface area contributed by atoms with Crippen molar-refractivity contribution in [1.82, 2.24) is 4.72 Å². The van der Waals surface area contributed by atoms with Crippen LogP contribution in [0.4, 0.5) is 0 Å². The Kier molecular flexibility index (Phi) is 3.03. The van der Waals surface area contributed by atoms with Crippen LogP contribution in [0.2, 0.25) is 0 Å². The molecule has 0 bridgehead atoms. The Balaban J connectivity index is 2.45. The van der Waals surface area contributed by atoms with Crippen LogP contribution < -0.4 is 4.72 Å². The lowest BCUT2D eigenvalue weighted by Crippen LogP contribution is -2.32. The summed E-state index contributed by atoms with van der Waals surface area (Å²) in [6.45, 7) is 0. The Morgan fingerprint density at radius 1 is 1.64 bits per heavy atom. The van der Waals surface area contributed by atoms with Crippen molar-refractivity contribution < 1.29 is 4.21 Å². The van der Waals surface area contributed by atoms with Crippen molar-refractivity contribution in [1.29, 1.82) is 5.26 Å². The lowest BCUT2D eigenvalue weighted by Gasteiger charge is -2.12. The molecule has 4 heteroatoms. The van der Waals surface area contributed by atoms with Crippen molar-refractivity contribution in [2.24, 2.45) is 5.92 Å². The molecule has 0 saturated heterocycles. The van der Waals surface area contributed by atoms with E-state index >= 15 is 0 Å². The summed E-state index contributed by atoms with van der Waals surface area (Å²) in [5, 5.41) is 8.66. The second kappa shape index (κ2) is 3.84. The van der Waals surface area contributed by atoms with Gasteiger partial charge in [-0.2, -0.15) is 5.26 Å². The van der Waals surface area contributed by atoms with Gasteiger partial charge < -0.3 is 0 Å². The molecule has 1 rings (SSSR count). The lowest BCUT2D eigenvalue weighted by molar-refractivity contribution is 0.547. The fraction of sp³-hybridized carbons (Fsp3) is 0.857. The minimum Gasteiger partial charge on any atom is -0.243 e. The highest BCUT2D eigenvalue weighted by atomic mass is 32.2. The summed E-state index contributed by atoms with van der Waals surface area (Å²) in [6, 6.07) is 2.38. The van der Waals surface area contributed by atoms with Crippen molar-refractivity contribution >= 4 is 11.0 Å². The van der Waals surface area contributed by atoms with Crippen LogP contribution >= 0.6 is 0 Å². The molecule has 62 valence electrons. The molecule has 1 N–H and O–H groups in total. The van der Waals surface area contributed by atoms with Gasteiger partial charge in [0.15, 0.2) is 0 Å². The molecular weight excluding hydrogens is 160 g/mol. The van der Waals surface area contributed by atoms with Gasteiger partial charge in [-0.05, 0) is 12.8 Å². The Labute approximate surface area is 69.4 Å². The van der Waals surface area contributed by atoms with E-state index in [0.29, 0.717) is 0 Å². The van der Waals surface area contributed by atoms with Crippen LogP contribution in [-0.2, 0) is 11.0 Å². The molecule has 1 fully saturated rings. The van der Waals surface area contributed by atoms with E-state index in [1.165, 1.54) is 0 Å². The molecule has 0 aliphatic heterocycles. The predicted octanol–water partition coefficient (Wildman–Crippen LogP) is 0.562. The maximum absolute atomic E-state index is 10.8. The molecule has 3 unspecified atom stereocenters. The number of hydrogen-bond donors (Lipinski definition) is 1. The number of nitrogens with one attached hydrogen (secondary N) is 1. The molecule has 0 heterocycles. The van der Waals surface area contributed by atoms with E-state index in [-0.39, 0.29) is 12.0 Å². The van der Waals surface area contributed by atoms with E-state index in [0.717, 1.165) is 19.3 Å². The van der Waals surface area contributed by atoms with E-state index < -0.39 is 11.0 Å². The highest BCUT2D eigenvalue weighted by Crippen LogP contribution is 2.24. The zero-order valence-corrected chi connectivity index (χ0v) is 7.36. The molecule has 1 aliphatic rings. The summed E-state index contributed by atoms with van der Waals surface area (Å²) in [7, 11) is -0.979. The fourth-order valence-corrected chi connectivity index (χ4v) is 2.18. The van der Waals surface area contributed by atoms with Crippen molar-refractivity contribution in [3.05, 3.63) is 0 Å². The summed E-state index contributed by atoms with van der Waals surface area (Å²) in [6.07, 6.45) is 4.61. The van der Waals surface area contributed by atoms with Crippen LogP contribution in [0.5, 0.6) is 0 Å². The lowest BCUT2D eigenvalue weighted by atomic mass is 10.1. The molecule has 0 radical (unpaired) electrons. The molecule has 3 nitrogen and oxygen atoms in total. The quantitative estimate of drug-likeness (QED) is 0.661. The standard InChI is InChI=1S/C7H12N2OS/c1-11(10)9-7-4-2-3-6(7)5-8/h6-7,9H,2-4H2,1H3. The molecule has 1 aliphatic carbocycles. The maximum Gasteiger partial charge on any atom is 0.0886 e. The van der Waals surface area contributed by atoms with Crippen molar-refractivity contribution in [3.63, 3.8) is 0 Å². The normalized spacial score (nSPS) is 33.1. The predicted molar refractivity (Wildman–Crippen MR) is 43.9 cm³/mol. The van der Waals surface area contributed by atoms with Gasteiger partial charge >= 0.3 is 0 Å². The zero-order valence-electron chi connectivity index (χ0n) is 6.54. The second-order valence-electron chi connectivity index (χ2n) is 2.84. The van der Waals surface area contributed by atoms with E-state index in [2.05, 4.69) is 10.8 Å². The maximum atomic E-state index is 10.8. The molecule has 0 amide bonds. The van der Waals surface area contributed by atoms with E-state index in [1.54, 1.807) is 6.26 Å². The van der Waals surface area contributed by atoms with Crippen LogP contribution in [0, 0.1) is 17.2 Å². The van der Waals surface area contributed by atoms with Crippen LogP contribution in [-0.4, -0.2) is 16.5 Å². The number of nitrogens with zero attached hydrogens (tertiary/aromatic N) is 1. The van der Waals surface area contributed by atoms with Crippen LogP contribution in [0.1, 0.15) is 19.3 Å². The summed E-state index contributed by atoms with van der Waals surface area (Å²) in [4.78, 5) is 0. The van der Waals surface area contributed by atoms with Gasteiger partial charge in [-0.3, -0.25) is 0 Å². The first-order chi connectivity index (χ1) is 5.24. The van der Waals surface area contributed by atoms with Crippen LogP contribution in [0.15, 0.2) is 0 Å². The van der Waals surface area contributed by atoms with Crippen molar-refractivity contribution in [3.8, 4) is 6.07 Å². The molecule has 11 heavy (non-hydrogen) atoms.